The van der Waals surface area contributed by atoms with Crippen molar-refractivity contribution in [3.63, 3.8) is 0 Å². The molecule has 0 bridgehead atoms. The van der Waals surface area contributed by atoms with E-state index in [9.17, 15) is 4.79 Å². The third-order valence-corrected chi connectivity index (χ3v) is 3.11. The van der Waals surface area contributed by atoms with Gasteiger partial charge in [0, 0.05) is 29.6 Å². The third-order valence-electron chi connectivity index (χ3n) is 3.11. The number of hydrogen-bond acceptors (Lipinski definition) is 4. The molecule has 2 N–H and O–H groups in total. The van der Waals surface area contributed by atoms with Crippen LogP contribution in [0.25, 0.3) is 0 Å². The molecule has 0 aliphatic rings. The van der Waals surface area contributed by atoms with Crippen molar-refractivity contribution in [3.05, 3.63) is 48.0 Å². The molecular formula is C17H20N2O3. The Labute approximate surface area is 130 Å². The highest BCUT2D eigenvalue weighted by Gasteiger charge is 2.05. The fourth-order valence-electron chi connectivity index (χ4n) is 2.02. The molecule has 2 aromatic carbocycles. The number of carbonyl (C=O) groups is 1. The van der Waals surface area contributed by atoms with Crippen LogP contribution in [-0.2, 0) is 4.79 Å². The average Bonchev–Trinajstić information content (AvgIpc) is 2.52. The van der Waals surface area contributed by atoms with E-state index >= 15 is 0 Å². The summed E-state index contributed by atoms with van der Waals surface area (Å²) in [5.74, 6) is 1.22. The van der Waals surface area contributed by atoms with Gasteiger partial charge in [-0.3, -0.25) is 4.79 Å². The lowest BCUT2D eigenvalue weighted by Gasteiger charge is -2.11. The van der Waals surface area contributed by atoms with Gasteiger partial charge in [0.1, 0.15) is 11.5 Å². The van der Waals surface area contributed by atoms with Gasteiger partial charge in [0.2, 0.25) is 5.91 Å². The van der Waals surface area contributed by atoms with E-state index in [0.717, 1.165) is 16.9 Å². The van der Waals surface area contributed by atoms with E-state index in [2.05, 4.69) is 10.6 Å². The summed E-state index contributed by atoms with van der Waals surface area (Å²) >= 11 is 0. The smallest absolute Gasteiger partial charge is 0.243 e. The Hall–Kier alpha value is -2.69. The standard InChI is InChI=1S/C17H20N2O3/c1-12-5-4-6-13(7-12)19-17(20)11-18-14-8-15(21-2)10-16(9-14)22-3/h4-10,18H,11H2,1-3H3,(H,19,20). The molecule has 0 saturated carbocycles. The van der Waals surface area contributed by atoms with Crippen molar-refractivity contribution in [2.45, 2.75) is 6.92 Å². The van der Waals surface area contributed by atoms with Crippen LogP contribution in [0.3, 0.4) is 0 Å². The number of anilines is 2. The van der Waals surface area contributed by atoms with Crippen molar-refractivity contribution in [1.29, 1.82) is 0 Å². The topological polar surface area (TPSA) is 59.6 Å². The lowest BCUT2D eigenvalue weighted by atomic mass is 10.2. The molecule has 22 heavy (non-hydrogen) atoms. The van der Waals surface area contributed by atoms with Crippen LogP contribution in [0.2, 0.25) is 0 Å². The summed E-state index contributed by atoms with van der Waals surface area (Å²) in [6.07, 6.45) is 0. The minimum absolute atomic E-state index is 0.118. The highest BCUT2D eigenvalue weighted by Crippen LogP contribution is 2.25. The Bertz CT molecular complexity index is 634. The zero-order valence-corrected chi connectivity index (χ0v) is 13.0. The van der Waals surface area contributed by atoms with Crippen LogP contribution in [0, 0.1) is 6.92 Å². The zero-order chi connectivity index (χ0) is 15.9. The first-order valence-corrected chi connectivity index (χ1v) is 6.94. The first-order valence-electron chi connectivity index (χ1n) is 6.94. The number of ether oxygens (including phenoxy) is 2. The molecule has 0 radical (unpaired) electrons. The van der Waals surface area contributed by atoms with Crippen molar-refractivity contribution in [2.75, 3.05) is 31.4 Å². The Kier molecular flexibility index (Phi) is 5.25. The molecule has 5 nitrogen and oxygen atoms in total. The molecule has 5 heteroatoms. The molecule has 0 aliphatic carbocycles. The number of carbonyl (C=O) groups excluding carboxylic acids is 1. The van der Waals surface area contributed by atoms with Gasteiger partial charge in [0.05, 0.1) is 20.8 Å². The fourth-order valence-corrected chi connectivity index (χ4v) is 2.02. The van der Waals surface area contributed by atoms with E-state index in [4.69, 9.17) is 9.47 Å². The van der Waals surface area contributed by atoms with Gasteiger partial charge >= 0.3 is 0 Å². The summed E-state index contributed by atoms with van der Waals surface area (Å²) in [6, 6.07) is 13.1. The maximum absolute atomic E-state index is 12.0. The molecule has 0 spiro atoms. The van der Waals surface area contributed by atoms with Gasteiger partial charge in [0.25, 0.3) is 0 Å². The summed E-state index contributed by atoms with van der Waals surface area (Å²) in [7, 11) is 3.17. The molecule has 116 valence electrons. The Balaban J connectivity index is 1.96. The van der Waals surface area contributed by atoms with Gasteiger partial charge in [-0.25, -0.2) is 0 Å². The van der Waals surface area contributed by atoms with E-state index in [-0.39, 0.29) is 12.5 Å². The van der Waals surface area contributed by atoms with Gasteiger partial charge in [-0.2, -0.15) is 0 Å². The lowest BCUT2D eigenvalue weighted by Crippen LogP contribution is -2.21. The quantitative estimate of drug-likeness (QED) is 0.861. The van der Waals surface area contributed by atoms with Crippen LogP contribution in [0.15, 0.2) is 42.5 Å². The SMILES string of the molecule is COc1cc(NCC(=O)Nc2cccc(C)c2)cc(OC)c1. The fraction of sp³-hybridized carbons (Fsp3) is 0.235. The molecule has 0 aliphatic heterocycles. The molecule has 2 aromatic rings. The minimum Gasteiger partial charge on any atom is -0.497 e. The first kappa shape index (κ1) is 15.7. The monoisotopic (exact) mass is 300 g/mol. The van der Waals surface area contributed by atoms with Crippen molar-refractivity contribution in [2.24, 2.45) is 0 Å². The minimum atomic E-state index is -0.118. The van der Waals surface area contributed by atoms with Gasteiger partial charge in [-0.1, -0.05) is 12.1 Å². The van der Waals surface area contributed by atoms with Gasteiger partial charge in [-0.05, 0) is 24.6 Å². The Morgan fingerprint density at radius 2 is 1.68 bits per heavy atom. The predicted octanol–water partition coefficient (Wildman–Crippen LogP) is 3.06. The molecule has 0 atom stereocenters. The molecular weight excluding hydrogens is 280 g/mol. The van der Waals surface area contributed by atoms with Crippen LogP contribution in [0.4, 0.5) is 11.4 Å². The van der Waals surface area contributed by atoms with E-state index < -0.39 is 0 Å². The summed E-state index contributed by atoms with van der Waals surface area (Å²) in [4.78, 5) is 12.0. The maximum atomic E-state index is 12.0. The van der Waals surface area contributed by atoms with Crippen molar-refractivity contribution >= 4 is 17.3 Å². The van der Waals surface area contributed by atoms with E-state index in [0.29, 0.717) is 11.5 Å². The lowest BCUT2D eigenvalue weighted by molar-refractivity contribution is -0.114. The molecule has 0 unspecified atom stereocenters. The van der Waals surface area contributed by atoms with Crippen LogP contribution >= 0.6 is 0 Å². The summed E-state index contributed by atoms with van der Waals surface area (Å²) in [6.45, 7) is 2.14. The van der Waals surface area contributed by atoms with Crippen molar-refractivity contribution in [3.8, 4) is 11.5 Å². The normalized spacial score (nSPS) is 9.95. The number of amides is 1. The van der Waals surface area contributed by atoms with Gasteiger partial charge < -0.3 is 20.1 Å². The van der Waals surface area contributed by atoms with Crippen LogP contribution in [0.1, 0.15) is 5.56 Å². The number of methoxy groups -OCH3 is 2. The van der Waals surface area contributed by atoms with Gasteiger partial charge in [-0.15, -0.1) is 0 Å². The molecule has 1 amide bonds. The molecule has 0 aromatic heterocycles. The number of aryl methyl sites for hydroxylation is 1. The molecule has 0 fully saturated rings. The summed E-state index contributed by atoms with van der Waals surface area (Å²) in [5, 5.41) is 5.90. The number of nitrogens with one attached hydrogen (secondary N) is 2. The van der Waals surface area contributed by atoms with Crippen LogP contribution < -0.4 is 20.1 Å². The second kappa shape index (κ2) is 7.36. The van der Waals surface area contributed by atoms with Crippen molar-refractivity contribution in [1.82, 2.24) is 0 Å². The van der Waals surface area contributed by atoms with E-state index in [1.165, 1.54) is 0 Å². The highest BCUT2D eigenvalue weighted by molar-refractivity contribution is 5.93. The Morgan fingerprint density at radius 1 is 1.00 bits per heavy atom. The Morgan fingerprint density at radius 3 is 2.27 bits per heavy atom. The van der Waals surface area contributed by atoms with E-state index in [1.807, 2.05) is 43.3 Å². The third kappa shape index (κ3) is 4.41. The molecule has 2 rings (SSSR count). The van der Waals surface area contributed by atoms with Crippen molar-refractivity contribution < 1.29 is 14.3 Å². The average molecular weight is 300 g/mol. The van der Waals surface area contributed by atoms with Crippen LogP contribution in [-0.4, -0.2) is 26.7 Å². The second-order valence-electron chi connectivity index (χ2n) is 4.87. The number of benzene rings is 2. The van der Waals surface area contributed by atoms with Gasteiger partial charge in [0.15, 0.2) is 0 Å². The first-order chi connectivity index (χ1) is 10.6. The zero-order valence-electron chi connectivity index (χ0n) is 13.0. The highest BCUT2D eigenvalue weighted by atomic mass is 16.5. The largest absolute Gasteiger partial charge is 0.497 e. The second-order valence-corrected chi connectivity index (χ2v) is 4.87. The maximum Gasteiger partial charge on any atom is 0.243 e. The number of rotatable bonds is 6. The summed E-state index contributed by atoms with van der Waals surface area (Å²) < 4.78 is 10.4. The molecule has 0 heterocycles. The van der Waals surface area contributed by atoms with E-state index in [1.54, 1.807) is 20.3 Å². The predicted molar refractivity (Wildman–Crippen MR) is 87.8 cm³/mol. The molecule has 0 saturated heterocycles. The van der Waals surface area contributed by atoms with Crippen LogP contribution in [0.5, 0.6) is 11.5 Å². The number of hydrogen-bond donors (Lipinski definition) is 2. The summed E-state index contributed by atoms with van der Waals surface area (Å²) in [5.41, 5.74) is 2.65.